The first kappa shape index (κ1) is 13.4. The molecule has 94 valence electrons. The molecule has 0 fully saturated rings. The molecule has 0 spiro atoms. The average molecular weight is 373 g/mol. The zero-order valence-electron chi connectivity index (χ0n) is 9.76. The number of thiophene rings is 1. The topological polar surface area (TPSA) is 40.5 Å². The monoisotopic (exact) mass is 373 g/mol. The van der Waals surface area contributed by atoms with E-state index < -0.39 is 0 Å². The van der Waals surface area contributed by atoms with Gasteiger partial charge in [0, 0.05) is 24.5 Å². The van der Waals surface area contributed by atoms with Crippen molar-refractivity contribution < 1.29 is 9.90 Å². The van der Waals surface area contributed by atoms with Gasteiger partial charge in [-0.2, -0.15) is 0 Å². The molecule has 1 amide bonds. The Morgan fingerprint density at radius 1 is 1.44 bits per heavy atom. The van der Waals surface area contributed by atoms with E-state index in [4.69, 9.17) is 0 Å². The summed E-state index contributed by atoms with van der Waals surface area (Å²) in [4.78, 5) is 13.7. The van der Waals surface area contributed by atoms with E-state index in [0.717, 1.165) is 8.45 Å². The Morgan fingerprint density at radius 3 is 2.78 bits per heavy atom. The Hall–Kier alpha value is -1.08. The van der Waals surface area contributed by atoms with Crippen LogP contribution in [0.1, 0.15) is 15.9 Å². The summed E-state index contributed by atoms with van der Waals surface area (Å²) in [5.74, 6) is 0.189. The molecule has 1 aromatic heterocycles. The minimum Gasteiger partial charge on any atom is -0.508 e. The Morgan fingerprint density at radius 2 is 2.17 bits per heavy atom. The van der Waals surface area contributed by atoms with Crippen molar-refractivity contribution >= 4 is 39.8 Å². The summed E-state index contributed by atoms with van der Waals surface area (Å²) < 4.78 is 1.09. The molecule has 0 saturated heterocycles. The van der Waals surface area contributed by atoms with Crippen LogP contribution >= 0.6 is 33.9 Å². The molecule has 18 heavy (non-hydrogen) atoms. The van der Waals surface area contributed by atoms with Gasteiger partial charge < -0.3 is 10.0 Å². The Labute approximate surface area is 123 Å². The van der Waals surface area contributed by atoms with Crippen molar-refractivity contribution in [2.24, 2.45) is 0 Å². The number of halogens is 1. The summed E-state index contributed by atoms with van der Waals surface area (Å²) in [5, 5.41) is 11.5. The van der Waals surface area contributed by atoms with Crippen molar-refractivity contribution in [3.05, 3.63) is 49.7 Å². The fourth-order valence-corrected chi connectivity index (χ4v) is 2.93. The van der Waals surface area contributed by atoms with Crippen LogP contribution < -0.4 is 0 Å². The lowest BCUT2D eigenvalue weighted by molar-refractivity contribution is 0.0785. The van der Waals surface area contributed by atoms with Gasteiger partial charge in [0.2, 0.25) is 0 Å². The molecule has 3 nitrogen and oxygen atoms in total. The molecular formula is C13H12INO2S. The lowest BCUT2D eigenvalue weighted by Gasteiger charge is -2.17. The van der Waals surface area contributed by atoms with Crippen LogP contribution in [0.5, 0.6) is 5.75 Å². The highest BCUT2D eigenvalue weighted by molar-refractivity contribution is 14.1. The van der Waals surface area contributed by atoms with Crippen LogP contribution in [0.15, 0.2) is 35.7 Å². The van der Waals surface area contributed by atoms with Crippen molar-refractivity contribution in [1.29, 1.82) is 0 Å². The van der Waals surface area contributed by atoms with Gasteiger partial charge in [-0.05, 0) is 34.7 Å². The zero-order valence-corrected chi connectivity index (χ0v) is 12.7. The summed E-state index contributed by atoms with van der Waals surface area (Å²) in [6.45, 7) is 0.401. The third-order valence-electron chi connectivity index (χ3n) is 2.56. The summed E-state index contributed by atoms with van der Waals surface area (Å²) in [7, 11) is 1.74. The molecule has 5 heteroatoms. The first-order valence-electron chi connectivity index (χ1n) is 5.34. The largest absolute Gasteiger partial charge is 0.508 e. The minimum atomic E-state index is -0.0302. The number of nitrogens with zero attached hydrogens (tertiary/aromatic N) is 1. The lowest BCUT2D eigenvalue weighted by atomic mass is 10.2. The molecular weight excluding hydrogens is 361 g/mol. The number of aromatic hydroxyl groups is 1. The predicted octanol–water partition coefficient (Wildman–Crippen LogP) is 3.33. The van der Waals surface area contributed by atoms with E-state index in [9.17, 15) is 9.90 Å². The number of hydrogen-bond acceptors (Lipinski definition) is 3. The molecule has 0 aliphatic heterocycles. The van der Waals surface area contributed by atoms with Gasteiger partial charge in [0.05, 0.1) is 8.45 Å². The maximum atomic E-state index is 12.1. The molecule has 0 atom stereocenters. The Balaban J connectivity index is 2.11. The maximum Gasteiger partial charge on any atom is 0.254 e. The van der Waals surface area contributed by atoms with E-state index in [1.807, 2.05) is 23.6 Å². The van der Waals surface area contributed by atoms with Crippen molar-refractivity contribution in [2.75, 3.05) is 7.05 Å². The summed E-state index contributed by atoms with van der Waals surface area (Å²) in [6, 6.07) is 8.93. The predicted molar refractivity (Wildman–Crippen MR) is 80.9 cm³/mol. The van der Waals surface area contributed by atoms with Gasteiger partial charge >= 0.3 is 0 Å². The molecule has 1 aromatic carbocycles. The highest BCUT2D eigenvalue weighted by Crippen LogP contribution is 2.21. The van der Waals surface area contributed by atoms with Gasteiger partial charge in [0.1, 0.15) is 5.75 Å². The van der Waals surface area contributed by atoms with E-state index >= 15 is 0 Å². The molecule has 0 aliphatic rings. The van der Waals surface area contributed by atoms with Crippen LogP contribution in [-0.4, -0.2) is 23.0 Å². The molecule has 1 N–H and O–H groups in total. The number of carbonyl (C=O) groups excluding carboxylic acids is 1. The first-order chi connectivity index (χ1) is 8.58. The highest BCUT2D eigenvalue weighted by Gasteiger charge is 2.14. The van der Waals surface area contributed by atoms with Crippen molar-refractivity contribution in [3.63, 3.8) is 0 Å². The van der Waals surface area contributed by atoms with Gasteiger partial charge in [-0.1, -0.05) is 18.2 Å². The van der Waals surface area contributed by atoms with Crippen molar-refractivity contribution in [3.8, 4) is 5.75 Å². The molecule has 1 heterocycles. The quantitative estimate of drug-likeness (QED) is 0.839. The smallest absolute Gasteiger partial charge is 0.254 e. The van der Waals surface area contributed by atoms with E-state index in [-0.39, 0.29) is 11.7 Å². The molecule has 2 rings (SSSR count). The van der Waals surface area contributed by atoms with E-state index in [2.05, 4.69) is 22.6 Å². The molecule has 0 aliphatic carbocycles. The summed E-state index contributed by atoms with van der Waals surface area (Å²) in [5.41, 5.74) is 1.44. The van der Waals surface area contributed by atoms with Gasteiger partial charge in [-0.25, -0.2) is 0 Å². The number of phenolic OH excluding ortho intramolecular Hbond substituents is 1. The van der Waals surface area contributed by atoms with Crippen LogP contribution in [0.2, 0.25) is 0 Å². The maximum absolute atomic E-state index is 12.1. The number of para-hydroxylation sites is 1. The SMILES string of the molecule is CN(Cc1ccccc1O)C(=O)c1csc(I)c1. The summed E-state index contributed by atoms with van der Waals surface area (Å²) in [6.07, 6.45) is 0. The van der Waals surface area contributed by atoms with Crippen molar-refractivity contribution in [2.45, 2.75) is 6.54 Å². The fourth-order valence-electron chi connectivity index (χ4n) is 1.61. The number of phenols is 1. The van der Waals surface area contributed by atoms with Crippen molar-refractivity contribution in [1.82, 2.24) is 4.90 Å². The normalized spacial score (nSPS) is 10.3. The third-order valence-corrected chi connectivity index (χ3v) is 4.35. The molecule has 0 saturated carbocycles. The second-order valence-corrected chi connectivity index (χ2v) is 6.73. The van der Waals surface area contributed by atoms with Crippen LogP contribution in [0.4, 0.5) is 0 Å². The standard InChI is InChI=1S/C13H12INO2S/c1-15(7-9-4-2-3-5-11(9)16)13(17)10-6-12(14)18-8-10/h2-6,8,16H,7H2,1H3. The molecule has 2 aromatic rings. The number of rotatable bonds is 3. The van der Waals surface area contributed by atoms with Gasteiger partial charge in [0.25, 0.3) is 5.91 Å². The van der Waals surface area contributed by atoms with Crippen LogP contribution in [0.25, 0.3) is 0 Å². The fraction of sp³-hybridized carbons (Fsp3) is 0.154. The molecule has 0 unspecified atom stereocenters. The van der Waals surface area contributed by atoms with Gasteiger partial charge in [-0.15, -0.1) is 11.3 Å². The number of hydrogen-bond donors (Lipinski definition) is 1. The minimum absolute atomic E-state index is 0.0302. The summed E-state index contributed by atoms with van der Waals surface area (Å²) >= 11 is 3.74. The number of carbonyl (C=O) groups is 1. The Kier molecular flexibility index (Phi) is 4.23. The van der Waals surface area contributed by atoms with E-state index in [0.29, 0.717) is 12.1 Å². The second kappa shape index (κ2) is 5.71. The first-order valence-corrected chi connectivity index (χ1v) is 7.30. The third kappa shape index (κ3) is 3.02. The highest BCUT2D eigenvalue weighted by atomic mass is 127. The van der Waals surface area contributed by atoms with E-state index in [1.54, 1.807) is 35.4 Å². The molecule has 0 radical (unpaired) electrons. The van der Waals surface area contributed by atoms with E-state index in [1.165, 1.54) is 0 Å². The van der Waals surface area contributed by atoms with Crippen LogP contribution in [0, 0.1) is 2.88 Å². The second-order valence-electron chi connectivity index (χ2n) is 3.93. The number of benzene rings is 1. The average Bonchev–Trinajstić information content (AvgIpc) is 2.78. The Bertz CT molecular complexity index is 568. The van der Waals surface area contributed by atoms with Gasteiger partial charge in [0.15, 0.2) is 0 Å². The number of amides is 1. The zero-order chi connectivity index (χ0) is 13.1. The molecule has 0 bridgehead atoms. The lowest BCUT2D eigenvalue weighted by Crippen LogP contribution is -2.25. The van der Waals surface area contributed by atoms with Gasteiger partial charge in [-0.3, -0.25) is 4.79 Å². The van der Waals surface area contributed by atoms with Crippen LogP contribution in [0.3, 0.4) is 0 Å². The van der Waals surface area contributed by atoms with Crippen LogP contribution in [-0.2, 0) is 6.54 Å².